The summed E-state index contributed by atoms with van der Waals surface area (Å²) in [5.74, 6) is -0.249. The maximum Gasteiger partial charge on any atom is 0.341 e. The first-order valence-electron chi connectivity index (χ1n) is 5.78. The van der Waals surface area contributed by atoms with Crippen LogP contribution in [0.2, 0.25) is 0 Å². The molecule has 5 heteroatoms. The summed E-state index contributed by atoms with van der Waals surface area (Å²) >= 11 is 0. The third kappa shape index (κ3) is 3.71. The summed E-state index contributed by atoms with van der Waals surface area (Å²) in [7, 11) is 2.71. The van der Waals surface area contributed by atoms with E-state index in [0.717, 1.165) is 0 Å². The van der Waals surface area contributed by atoms with Crippen molar-refractivity contribution >= 4 is 11.9 Å². The van der Waals surface area contributed by atoms with Gasteiger partial charge in [0.1, 0.15) is 17.1 Å². The Labute approximate surface area is 112 Å². The van der Waals surface area contributed by atoms with E-state index in [1.54, 1.807) is 20.8 Å². The number of carbonyl (C=O) groups excluding carboxylic acids is 2. The largest absolute Gasteiger partial charge is 0.496 e. The molecular formula is C14H18O5. The molecule has 0 N–H and O–H groups in total. The fourth-order valence-corrected chi connectivity index (χ4v) is 1.27. The molecule has 0 radical (unpaired) electrons. The van der Waals surface area contributed by atoms with Gasteiger partial charge in [0.2, 0.25) is 0 Å². The van der Waals surface area contributed by atoms with E-state index in [9.17, 15) is 9.59 Å². The number of methoxy groups -OCH3 is 2. The molecular weight excluding hydrogens is 248 g/mol. The lowest BCUT2D eigenvalue weighted by molar-refractivity contribution is -0.143. The first-order chi connectivity index (χ1) is 8.79. The van der Waals surface area contributed by atoms with Gasteiger partial charge >= 0.3 is 11.9 Å². The van der Waals surface area contributed by atoms with Crippen LogP contribution < -0.4 is 9.47 Å². The van der Waals surface area contributed by atoms with Crippen molar-refractivity contribution in [1.82, 2.24) is 0 Å². The van der Waals surface area contributed by atoms with Gasteiger partial charge in [-0.1, -0.05) is 0 Å². The van der Waals surface area contributed by atoms with Crippen LogP contribution in [0, 0.1) is 5.41 Å². The molecule has 0 aromatic heterocycles. The summed E-state index contributed by atoms with van der Waals surface area (Å²) in [5.41, 5.74) is -0.325. The smallest absolute Gasteiger partial charge is 0.341 e. The van der Waals surface area contributed by atoms with Gasteiger partial charge in [-0.05, 0) is 32.9 Å². The Kier molecular flexibility index (Phi) is 4.53. The van der Waals surface area contributed by atoms with Crippen molar-refractivity contribution in [3.05, 3.63) is 23.8 Å². The van der Waals surface area contributed by atoms with E-state index in [0.29, 0.717) is 11.5 Å². The molecule has 0 saturated heterocycles. The van der Waals surface area contributed by atoms with E-state index in [1.807, 2.05) is 0 Å². The Bertz CT molecular complexity index is 485. The van der Waals surface area contributed by atoms with E-state index in [2.05, 4.69) is 4.74 Å². The molecule has 0 aliphatic rings. The zero-order chi connectivity index (χ0) is 14.6. The molecule has 104 valence electrons. The highest BCUT2D eigenvalue weighted by Gasteiger charge is 2.24. The first kappa shape index (κ1) is 15.0. The summed E-state index contributed by atoms with van der Waals surface area (Å²) in [4.78, 5) is 23.2. The predicted molar refractivity (Wildman–Crippen MR) is 69.4 cm³/mol. The van der Waals surface area contributed by atoms with Crippen LogP contribution in [0.5, 0.6) is 11.5 Å². The number of benzene rings is 1. The third-order valence-electron chi connectivity index (χ3n) is 2.40. The number of ether oxygens (including phenoxy) is 3. The zero-order valence-electron chi connectivity index (χ0n) is 11.8. The molecule has 0 spiro atoms. The lowest BCUT2D eigenvalue weighted by Gasteiger charge is -2.17. The molecule has 0 saturated carbocycles. The van der Waals surface area contributed by atoms with Gasteiger partial charge in [0, 0.05) is 6.07 Å². The molecule has 5 nitrogen and oxygen atoms in total. The maximum absolute atomic E-state index is 11.8. The fourth-order valence-electron chi connectivity index (χ4n) is 1.27. The highest BCUT2D eigenvalue weighted by Crippen LogP contribution is 2.27. The molecule has 0 amide bonds. The topological polar surface area (TPSA) is 61.8 Å². The van der Waals surface area contributed by atoms with Gasteiger partial charge in [0.25, 0.3) is 0 Å². The number of rotatable bonds is 3. The highest BCUT2D eigenvalue weighted by molar-refractivity contribution is 5.92. The van der Waals surface area contributed by atoms with E-state index in [-0.39, 0.29) is 11.5 Å². The van der Waals surface area contributed by atoms with Crippen LogP contribution in [-0.4, -0.2) is 26.2 Å². The molecule has 1 aromatic rings. The molecule has 1 rings (SSSR count). The molecule has 1 aromatic carbocycles. The standard InChI is InChI=1S/C14H18O5/c1-14(2,3)13(16)19-9-6-7-10(12(15)18-5)11(8-9)17-4/h6-8H,1-5H3. The number of hydrogen-bond donors (Lipinski definition) is 0. The summed E-state index contributed by atoms with van der Waals surface area (Å²) < 4.78 is 14.9. The number of hydrogen-bond acceptors (Lipinski definition) is 5. The van der Waals surface area contributed by atoms with Crippen molar-refractivity contribution in [2.75, 3.05) is 14.2 Å². The molecule has 0 aliphatic heterocycles. The summed E-state index contributed by atoms with van der Waals surface area (Å²) in [5, 5.41) is 0. The predicted octanol–water partition coefficient (Wildman–Crippen LogP) is 2.43. The van der Waals surface area contributed by atoms with Gasteiger partial charge in [0.15, 0.2) is 0 Å². The van der Waals surface area contributed by atoms with Crippen LogP contribution >= 0.6 is 0 Å². The summed E-state index contributed by atoms with van der Waals surface area (Å²) in [6.07, 6.45) is 0. The van der Waals surface area contributed by atoms with Crippen LogP contribution in [0.4, 0.5) is 0 Å². The van der Waals surface area contributed by atoms with Crippen molar-refractivity contribution in [3.63, 3.8) is 0 Å². The first-order valence-corrected chi connectivity index (χ1v) is 5.78. The van der Waals surface area contributed by atoms with Gasteiger partial charge in [-0.25, -0.2) is 4.79 Å². The molecule has 19 heavy (non-hydrogen) atoms. The fraction of sp³-hybridized carbons (Fsp3) is 0.429. The van der Waals surface area contributed by atoms with Gasteiger partial charge in [-0.2, -0.15) is 0 Å². The lowest BCUT2D eigenvalue weighted by Crippen LogP contribution is -2.25. The average Bonchev–Trinajstić information content (AvgIpc) is 2.36. The summed E-state index contributed by atoms with van der Waals surface area (Å²) in [6.45, 7) is 5.28. The third-order valence-corrected chi connectivity index (χ3v) is 2.40. The second kappa shape index (κ2) is 5.73. The molecule has 0 heterocycles. The number of esters is 2. The Morgan fingerprint density at radius 1 is 1.11 bits per heavy atom. The lowest BCUT2D eigenvalue weighted by atomic mass is 9.97. The highest BCUT2D eigenvalue weighted by atomic mass is 16.5. The Balaban J connectivity index is 3.01. The van der Waals surface area contributed by atoms with Crippen molar-refractivity contribution in [2.45, 2.75) is 20.8 Å². The van der Waals surface area contributed by atoms with Crippen molar-refractivity contribution in [3.8, 4) is 11.5 Å². The van der Waals surface area contributed by atoms with E-state index >= 15 is 0 Å². The van der Waals surface area contributed by atoms with Crippen LogP contribution in [0.15, 0.2) is 18.2 Å². The van der Waals surface area contributed by atoms with Crippen LogP contribution in [0.3, 0.4) is 0 Å². The van der Waals surface area contributed by atoms with Gasteiger partial charge < -0.3 is 14.2 Å². The monoisotopic (exact) mass is 266 g/mol. The molecule has 0 bridgehead atoms. The molecule has 0 aliphatic carbocycles. The average molecular weight is 266 g/mol. The van der Waals surface area contributed by atoms with E-state index in [4.69, 9.17) is 9.47 Å². The number of carbonyl (C=O) groups is 2. The second-order valence-electron chi connectivity index (χ2n) is 4.99. The van der Waals surface area contributed by atoms with Crippen LogP contribution in [0.1, 0.15) is 31.1 Å². The SMILES string of the molecule is COC(=O)c1ccc(OC(=O)C(C)(C)C)cc1OC. The second-order valence-corrected chi connectivity index (χ2v) is 4.99. The minimum absolute atomic E-state index is 0.278. The van der Waals surface area contributed by atoms with Crippen molar-refractivity contribution in [1.29, 1.82) is 0 Å². The van der Waals surface area contributed by atoms with E-state index < -0.39 is 11.4 Å². The van der Waals surface area contributed by atoms with Crippen molar-refractivity contribution in [2.24, 2.45) is 5.41 Å². The normalized spacial score (nSPS) is 10.8. The Morgan fingerprint density at radius 3 is 2.21 bits per heavy atom. The molecule has 0 atom stereocenters. The van der Waals surface area contributed by atoms with Gasteiger partial charge in [-0.15, -0.1) is 0 Å². The summed E-state index contributed by atoms with van der Waals surface area (Å²) in [6, 6.07) is 4.50. The Morgan fingerprint density at radius 2 is 1.74 bits per heavy atom. The van der Waals surface area contributed by atoms with Gasteiger partial charge in [0.05, 0.1) is 19.6 Å². The van der Waals surface area contributed by atoms with Gasteiger partial charge in [-0.3, -0.25) is 4.79 Å². The Hall–Kier alpha value is -2.04. The molecule has 0 fully saturated rings. The molecule has 0 unspecified atom stereocenters. The van der Waals surface area contributed by atoms with Crippen LogP contribution in [-0.2, 0) is 9.53 Å². The minimum atomic E-state index is -0.603. The minimum Gasteiger partial charge on any atom is -0.496 e. The zero-order valence-corrected chi connectivity index (χ0v) is 11.8. The van der Waals surface area contributed by atoms with E-state index in [1.165, 1.54) is 32.4 Å². The van der Waals surface area contributed by atoms with Crippen molar-refractivity contribution < 1.29 is 23.8 Å². The quantitative estimate of drug-likeness (QED) is 0.621. The maximum atomic E-state index is 11.8. The van der Waals surface area contributed by atoms with Crippen LogP contribution in [0.25, 0.3) is 0 Å².